The van der Waals surface area contributed by atoms with Gasteiger partial charge in [0.25, 0.3) is 0 Å². The lowest BCUT2D eigenvalue weighted by Crippen LogP contribution is -2.45. The van der Waals surface area contributed by atoms with Crippen molar-refractivity contribution in [1.82, 2.24) is 4.90 Å². The van der Waals surface area contributed by atoms with Crippen LogP contribution in [0.4, 0.5) is 0 Å². The van der Waals surface area contributed by atoms with Gasteiger partial charge in [0.1, 0.15) is 6.61 Å². The molecule has 0 bridgehead atoms. The molecule has 1 saturated heterocycles. The van der Waals surface area contributed by atoms with Gasteiger partial charge in [-0.15, -0.1) is 0 Å². The summed E-state index contributed by atoms with van der Waals surface area (Å²) < 4.78 is 17.2. The van der Waals surface area contributed by atoms with Crippen LogP contribution < -0.4 is 9.47 Å². The van der Waals surface area contributed by atoms with Gasteiger partial charge in [-0.05, 0) is 36.1 Å². The summed E-state index contributed by atoms with van der Waals surface area (Å²) >= 11 is 1.51. The quantitative estimate of drug-likeness (QED) is 0.474. The summed E-state index contributed by atoms with van der Waals surface area (Å²) in [6.45, 7) is 6.61. The minimum atomic E-state index is -0.667. The molecule has 0 aromatic heterocycles. The first-order chi connectivity index (χ1) is 16.9. The number of rotatable bonds is 8. The monoisotopic (exact) mass is 494 g/mol. The molecule has 1 unspecified atom stereocenters. The van der Waals surface area contributed by atoms with Crippen LogP contribution in [0.15, 0.2) is 64.8 Å². The maximum atomic E-state index is 13.4. The number of esters is 1. The Hall–Kier alpha value is -3.26. The number of allylic oxidation sites excluding steroid dienone is 1. The summed E-state index contributed by atoms with van der Waals surface area (Å²) in [5.41, 5.74) is 2.50. The number of aliphatic imine (C=N–C) groups is 1. The van der Waals surface area contributed by atoms with Crippen LogP contribution in [0.3, 0.4) is 0 Å². The van der Waals surface area contributed by atoms with Crippen LogP contribution >= 0.6 is 11.8 Å². The molecule has 7 nitrogen and oxygen atoms in total. The first kappa shape index (κ1) is 24.9. The van der Waals surface area contributed by atoms with Gasteiger partial charge < -0.3 is 14.2 Å². The van der Waals surface area contributed by atoms with Crippen LogP contribution in [0.2, 0.25) is 0 Å². The van der Waals surface area contributed by atoms with Crippen molar-refractivity contribution in [2.45, 2.75) is 39.8 Å². The van der Waals surface area contributed by atoms with Gasteiger partial charge in [-0.2, -0.15) is 0 Å². The summed E-state index contributed by atoms with van der Waals surface area (Å²) in [6, 6.07) is 14.4. The molecule has 1 atom stereocenters. The van der Waals surface area contributed by atoms with E-state index in [1.165, 1.54) is 11.8 Å². The average molecular weight is 495 g/mol. The standard InChI is InChI=1S/C27H30N2O5S/c1-17(2)15-33-21-11-10-20(14-22(21)32-4)25-24(26(31)34-16-19-8-6-5-7-9-19)18(3)28-27-29(25)23(30)12-13-35-27/h5-11,14,17,25H,12-13,15-16H2,1-4H3. The highest BCUT2D eigenvalue weighted by molar-refractivity contribution is 8.14. The van der Waals surface area contributed by atoms with E-state index in [1.54, 1.807) is 18.9 Å². The fourth-order valence-electron chi connectivity index (χ4n) is 4.00. The number of amides is 1. The summed E-state index contributed by atoms with van der Waals surface area (Å²) in [7, 11) is 1.58. The third kappa shape index (κ3) is 5.53. The lowest BCUT2D eigenvalue weighted by molar-refractivity contribution is -0.141. The van der Waals surface area contributed by atoms with Gasteiger partial charge in [0, 0.05) is 12.2 Å². The molecule has 1 fully saturated rings. The molecule has 2 aromatic rings. The van der Waals surface area contributed by atoms with Gasteiger partial charge >= 0.3 is 5.97 Å². The number of benzene rings is 2. The fraction of sp³-hybridized carbons (Fsp3) is 0.370. The number of methoxy groups -OCH3 is 1. The molecule has 0 radical (unpaired) electrons. The van der Waals surface area contributed by atoms with E-state index in [9.17, 15) is 9.59 Å². The Bertz CT molecular complexity index is 1160. The zero-order valence-electron chi connectivity index (χ0n) is 20.4. The van der Waals surface area contributed by atoms with Crippen molar-refractivity contribution in [3.63, 3.8) is 0 Å². The molecule has 8 heteroatoms. The van der Waals surface area contributed by atoms with Crippen LogP contribution in [0.5, 0.6) is 11.5 Å². The van der Waals surface area contributed by atoms with E-state index in [4.69, 9.17) is 14.2 Å². The maximum absolute atomic E-state index is 13.4. The van der Waals surface area contributed by atoms with Gasteiger partial charge in [0.05, 0.1) is 31.0 Å². The van der Waals surface area contributed by atoms with Crippen LogP contribution in [0.1, 0.15) is 44.4 Å². The molecule has 0 spiro atoms. The number of thioether (sulfide) groups is 1. The average Bonchev–Trinajstić information content (AvgIpc) is 2.86. The zero-order valence-corrected chi connectivity index (χ0v) is 21.3. The van der Waals surface area contributed by atoms with E-state index in [1.807, 2.05) is 48.5 Å². The molecule has 2 aromatic carbocycles. The molecule has 35 heavy (non-hydrogen) atoms. The molecule has 0 aliphatic carbocycles. The van der Waals surface area contributed by atoms with Crippen molar-refractivity contribution in [2.24, 2.45) is 10.9 Å². The predicted molar refractivity (Wildman–Crippen MR) is 136 cm³/mol. The molecular formula is C27H30N2O5S. The summed E-state index contributed by atoms with van der Waals surface area (Å²) in [5, 5.41) is 0.600. The van der Waals surface area contributed by atoms with Gasteiger partial charge in [0.2, 0.25) is 5.91 Å². The molecule has 0 saturated carbocycles. The number of carbonyl (C=O) groups is 2. The van der Waals surface area contributed by atoms with Crippen molar-refractivity contribution in [3.8, 4) is 11.5 Å². The van der Waals surface area contributed by atoms with E-state index in [0.717, 1.165) is 11.1 Å². The molecular weight excluding hydrogens is 464 g/mol. The largest absolute Gasteiger partial charge is 0.493 e. The summed E-state index contributed by atoms with van der Waals surface area (Å²) in [6.07, 6.45) is 0.373. The number of hydrogen-bond acceptors (Lipinski definition) is 7. The Morgan fingerprint density at radius 1 is 1.17 bits per heavy atom. The summed E-state index contributed by atoms with van der Waals surface area (Å²) in [4.78, 5) is 32.7. The second-order valence-corrected chi connectivity index (χ2v) is 9.90. The van der Waals surface area contributed by atoms with Gasteiger partial charge in [0.15, 0.2) is 16.7 Å². The maximum Gasteiger partial charge on any atom is 0.338 e. The molecule has 2 heterocycles. The molecule has 4 rings (SSSR count). The van der Waals surface area contributed by atoms with Crippen LogP contribution in [-0.2, 0) is 20.9 Å². The van der Waals surface area contributed by atoms with Crippen molar-refractivity contribution in [1.29, 1.82) is 0 Å². The van der Waals surface area contributed by atoms with Crippen molar-refractivity contribution in [3.05, 3.63) is 70.9 Å². The Morgan fingerprint density at radius 2 is 1.94 bits per heavy atom. The topological polar surface area (TPSA) is 77.4 Å². The van der Waals surface area contributed by atoms with Gasteiger partial charge in [-0.25, -0.2) is 9.79 Å². The Morgan fingerprint density at radius 3 is 2.66 bits per heavy atom. The Kier molecular flexibility index (Phi) is 7.80. The molecule has 2 aliphatic heterocycles. The van der Waals surface area contributed by atoms with Crippen molar-refractivity contribution in [2.75, 3.05) is 19.5 Å². The molecule has 1 amide bonds. The molecule has 2 aliphatic rings. The number of fused-ring (bicyclic) bond motifs is 1. The van der Waals surface area contributed by atoms with Crippen LogP contribution in [-0.4, -0.2) is 41.4 Å². The highest BCUT2D eigenvalue weighted by atomic mass is 32.2. The third-order valence-corrected chi connectivity index (χ3v) is 6.67. The Balaban J connectivity index is 1.71. The van der Waals surface area contributed by atoms with E-state index >= 15 is 0 Å². The van der Waals surface area contributed by atoms with Crippen molar-refractivity contribution >= 4 is 28.8 Å². The lowest BCUT2D eigenvalue weighted by atomic mass is 9.93. The first-order valence-electron chi connectivity index (χ1n) is 11.6. The highest BCUT2D eigenvalue weighted by Crippen LogP contribution is 2.42. The van der Waals surface area contributed by atoms with E-state index in [0.29, 0.717) is 52.6 Å². The van der Waals surface area contributed by atoms with Gasteiger partial charge in [-0.3, -0.25) is 9.69 Å². The number of amidine groups is 1. The number of ether oxygens (including phenoxy) is 3. The summed E-state index contributed by atoms with van der Waals surface area (Å²) in [5.74, 6) is 1.60. The highest BCUT2D eigenvalue weighted by Gasteiger charge is 2.42. The first-order valence-corrected chi connectivity index (χ1v) is 12.6. The molecule has 184 valence electrons. The minimum absolute atomic E-state index is 0.0764. The van der Waals surface area contributed by atoms with Gasteiger partial charge in [-0.1, -0.05) is 62.0 Å². The molecule has 0 N–H and O–H groups in total. The second-order valence-electron chi connectivity index (χ2n) is 8.84. The minimum Gasteiger partial charge on any atom is -0.493 e. The van der Waals surface area contributed by atoms with E-state index in [2.05, 4.69) is 18.8 Å². The predicted octanol–water partition coefficient (Wildman–Crippen LogP) is 5.12. The van der Waals surface area contributed by atoms with E-state index < -0.39 is 12.0 Å². The normalized spacial score (nSPS) is 17.7. The van der Waals surface area contributed by atoms with Crippen molar-refractivity contribution < 1.29 is 23.8 Å². The number of nitrogens with zero attached hydrogens (tertiary/aromatic N) is 2. The zero-order chi connectivity index (χ0) is 24.9. The fourth-order valence-corrected chi connectivity index (χ4v) is 5.01. The lowest BCUT2D eigenvalue weighted by Gasteiger charge is -2.39. The SMILES string of the molecule is COc1cc(C2C(C(=O)OCc3ccccc3)=C(C)N=C3SCCC(=O)N32)ccc1OCC(C)C. The van der Waals surface area contributed by atoms with Crippen LogP contribution in [0, 0.1) is 5.92 Å². The number of carbonyl (C=O) groups excluding carboxylic acids is 2. The Labute approximate surface area is 210 Å². The van der Waals surface area contributed by atoms with Crippen LogP contribution in [0.25, 0.3) is 0 Å². The van der Waals surface area contributed by atoms with E-state index in [-0.39, 0.29) is 12.5 Å². The third-order valence-electron chi connectivity index (χ3n) is 5.71. The smallest absolute Gasteiger partial charge is 0.338 e. The second kappa shape index (κ2) is 11.0. The number of hydrogen-bond donors (Lipinski definition) is 0.